The molecule has 1 atom stereocenters. The van der Waals surface area contributed by atoms with Crippen LogP contribution in [0, 0.1) is 5.92 Å². The molecule has 0 heteroatoms. The zero-order valence-corrected chi connectivity index (χ0v) is 12.9. The minimum atomic E-state index is 0.578. The maximum Gasteiger partial charge on any atom is -0.00239 e. The second kappa shape index (κ2) is 4.46. The van der Waals surface area contributed by atoms with Crippen molar-refractivity contribution in [2.24, 2.45) is 5.92 Å². The van der Waals surface area contributed by atoms with E-state index >= 15 is 0 Å². The Morgan fingerprint density at radius 1 is 0.619 bits per heavy atom. The van der Waals surface area contributed by atoms with Crippen molar-refractivity contribution in [3.8, 4) is 0 Å². The first kappa shape index (κ1) is 12.6. The molecule has 0 aliphatic rings. The van der Waals surface area contributed by atoms with Crippen molar-refractivity contribution in [1.82, 2.24) is 0 Å². The molecule has 4 rings (SSSR count). The minimum Gasteiger partial charge on any atom is -0.0622 e. The second-order valence-corrected chi connectivity index (χ2v) is 6.54. The highest BCUT2D eigenvalue weighted by atomic mass is 14.2. The van der Waals surface area contributed by atoms with Crippen LogP contribution in [-0.4, -0.2) is 0 Å². The van der Waals surface area contributed by atoms with Gasteiger partial charge in [0.05, 0.1) is 0 Å². The SMILES string of the molecule is CC(C)C(C)c1ccc2ccc3cccc4ccc1c2c34. The van der Waals surface area contributed by atoms with Gasteiger partial charge in [0.25, 0.3) is 0 Å². The van der Waals surface area contributed by atoms with Crippen LogP contribution in [0.2, 0.25) is 0 Å². The quantitative estimate of drug-likeness (QED) is 0.373. The van der Waals surface area contributed by atoms with Crippen LogP contribution in [-0.2, 0) is 0 Å². The van der Waals surface area contributed by atoms with E-state index in [4.69, 9.17) is 0 Å². The van der Waals surface area contributed by atoms with E-state index in [-0.39, 0.29) is 0 Å². The van der Waals surface area contributed by atoms with Gasteiger partial charge in [-0.05, 0) is 49.7 Å². The van der Waals surface area contributed by atoms with Crippen molar-refractivity contribution in [2.75, 3.05) is 0 Å². The van der Waals surface area contributed by atoms with Gasteiger partial charge in [-0.25, -0.2) is 0 Å². The monoisotopic (exact) mass is 272 g/mol. The van der Waals surface area contributed by atoms with E-state index in [2.05, 4.69) is 75.4 Å². The smallest absolute Gasteiger partial charge is 0.00239 e. The fraction of sp³-hybridized carbons (Fsp3) is 0.238. The predicted molar refractivity (Wildman–Crippen MR) is 93.4 cm³/mol. The molecule has 0 amide bonds. The number of hydrogen-bond donors (Lipinski definition) is 0. The van der Waals surface area contributed by atoms with Gasteiger partial charge < -0.3 is 0 Å². The summed E-state index contributed by atoms with van der Waals surface area (Å²) in [7, 11) is 0. The number of rotatable bonds is 2. The molecule has 4 aromatic carbocycles. The molecule has 0 bridgehead atoms. The minimum absolute atomic E-state index is 0.578. The molecule has 21 heavy (non-hydrogen) atoms. The van der Waals surface area contributed by atoms with Crippen molar-refractivity contribution in [3.05, 3.63) is 60.2 Å². The largest absolute Gasteiger partial charge is 0.0622 e. The molecule has 4 aromatic rings. The van der Waals surface area contributed by atoms with E-state index in [1.807, 2.05) is 0 Å². The molecule has 0 spiro atoms. The zero-order valence-electron chi connectivity index (χ0n) is 12.9. The standard InChI is InChI=1S/C21H20/c1-13(2)14(3)18-11-9-17-8-7-15-5-4-6-16-10-12-19(18)21(17)20(15)16/h4-14H,1-3H3. The lowest BCUT2D eigenvalue weighted by molar-refractivity contribution is 0.538. The molecule has 0 N–H and O–H groups in total. The van der Waals surface area contributed by atoms with Gasteiger partial charge in [0.2, 0.25) is 0 Å². The summed E-state index contributed by atoms with van der Waals surface area (Å²) in [5.41, 5.74) is 1.48. The van der Waals surface area contributed by atoms with E-state index in [1.54, 1.807) is 0 Å². The Morgan fingerprint density at radius 3 is 1.86 bits per heavy atom. The highest BCUT2D eigenvalue weighted by Gasteiger charge is 2.16. The summed E-state index contributed by atoms with van der Waals surface area (Å²) >= 11 is 0. The van der Waals surface area contributed by atoms with Crippen LogP contribution in [0.15, 0.2) is 54.6 Å². The first-order chi connectivity index (χ1) is 10.2. The van der Waals surface area contributed by atoms with Gasteiger partial charge in [0.1, 0.15) is 0 Å². The average Bonchev–Trinajstić information content (AvgIpc) is 2.51. The molecule has 104 valence electrons. The second-order valence-electron chi connectivity index (χ2n) is 6.54. The highest BCUT2D eigenvalue weighted by Crippen LogP contribution is 2.39. The summed E-state index contributed by atoms with van der Waals surface area (Å²) in [5.74, 6) is 1.23. The number of hydrogen-bond acceptors (Lipinski definition) is 0. The molecule has 0 nitrogen and oxygen atoms in total. The van der Waals surface area contributed by atoms with Crippen LogP contribution < -0.4 is 0 Å². The van der Waals surface area contributed by atoms with E-state index < -0.39 is 0 Å². The van der Waals surface area contributed by atoms with Crippen molar-refractivity contribution < 1.29 is 0 Å². The van der Waals surface area contributed by atoms with E-state index in [0.717, 1.165) is 0 Å². The summed E-state index contributed by atoms with van der Waals surface area (Å²) in [6, 6.07) is 20.3. The Hall–Kier alpha value is -2.08. The van der Waals surface area contributed by atoms with Gasteiger partial charge in [0.15, 0.2) is 0 Å². The maximum atomic E-state index is 2.34. The van der Waals surface area contributed by atoms with Gasteiger partial charge in [-0.3, -0.25) is 0 Å². The van der Waals surface area contributed by atoms with Crippen LogP contribution in [0.25, 0.3) is 32.3 Å². The average molecular weight is 272 g/mol. The van der Waals surface area contributed by atoms with Gasteiger partial charge in [-0.1, -0.05) is 75.4 Å². The predicted octanol–water partition coefficient (Wildman–Crippen LogP) is 6.34. The first-order valence-corrected chi connectivity index (χ1v) is 7.83. The Morgan fingerprint density at radius 2 is 1.19 bits per heavy atom. The van der Waals surface area contributed by atoms with Crippen LogP contribution in [0.1, 0.15) is 32.3 Å². The summed E-state index contributed by atoms with van der Waals surface area (Å²) in [6.45, 7) is 6.96. The highest BCUT2D eigenvalue weighted by molar-refractivity contribution is 6.23. The van der Waals surface area contributed by atoms with Crippen molar-refractivity contribution in [2.45, 2.75) is 26.7 Å². The molecule has 0 saturated carbocycles. The molecule has 0 aliphatic carbocycles. The molecule has 0 aromatic heterocycles. The van der Waals surface area contributed by atoms with E-state index in [0.29, 0.717) is 11.8 Å². The van der Waals surface area contributed by atoms with Gasteiger partial charge in [-0.2, -0.15) is 0 Å². The summed E-state index contributed by atoms with van der Waals surface area (Å²) in [6.07, 6.45) is 0. The number of benzene rings is 4. The molecule has 1 unspecified atom stereocenters. The fourth-order valence-electron chi connectivity index (χ4n) is 3.51. The Balaban J connectivity index is 2.20. The lowest BCUT2D eigenvalue weighted by Crippen LogP contribution is -2.03. The summed E-state index contributed by atoms with van der Waals surface area (Å²) in [5, 5.41) is 8.34. The molecular formula is C21H20. The third-order valence-corrected chi connectivity index (χ3v) is 5.05. The summed E-state index contributed by atoms with van der Waals surface area (Å²) < 4.78 is 0. The molecular weight excluding hydrogens is 252 g/mol. The third kappa shape index (κ3) is 1.75. The molecule has 0 saturated heterocycles. The zero-order chi connectivity index (χ0) is 14.6. The van der Waals surface area contributed by atoms with Gasteiger partial charge in [-0.15, -0.1) is 0 Å². The van der Waals surface area contributed by atoms with E-state index in [9.17, 15) is 0 Å². The third-order valence-electron chi connectivity index (χ3n) is 5.05. The topological polar surface area (TPSA) is 0 Å². The molecule has 0 heterocycles. The van der Waals surface area contributed by atoms with Gasteiger partial charge in [0, 0.05) is 0 Å². The maximum absolute atomic E-state index is 2.34. The van der Waals surface area contributed by atoms with Crippen LogP contribution in [0.5, 0.6) is 0 Å². The Labute approximate surface area is 125 Å². The van der Waals surface area contributed by atoms with Crippen LogP contribution >= 0.6 is 0 Å². The van der Waals surface area contributed by atoms with E-state index in [1.165, 1.54) is 37.9 Å². The fourth-order valence-corrected chi connectivity index (χ4v) is 3.51. The summed E-state index contributed by atoms with van der Waals surface area (Å²) in [4.78, 5) is 0. The van der Waals surface area contributed by atoms with Gasteiger partial charge >= 0.3 is 0 Å². The van der Waals surface area contributed by atoms with Crippen LogP contribution in [0.3, 0.4) is 0 Å². The van der Waals surface area contributed by atoms with Crippen molar-refractivity contribution in [3.63, 3.8) is 0 Å². The molecule has 0 radical (unpaired) electrons. The Bertz CT molecular complexity index is 915. The lowest BCUT2D eigenvalue weighted by Gasteiger charge is -2.20. The Kier molecular flexibility index (Phi) is 2.68. The van der Waals surface area contributed by atoms with Crippen LogP contribution in [0.4, 0.5) is 0 Å². The normalized spacial score (nSPS) is 13.7. The molecule has 0 fully saturated rings. The lowest BCUT2D eigenvalue weighted by atomic mass is 9.84. The van der Waals surface area contributed by atoms with Crippen molar-refractivity contribution >= 4 is 32.3 Å². The van der Waals surface area contributed by atoms with Crippen molar-refractivity contribution in [1.29, 1.82) is 0 Å². The first-order valence-electron chi connectivity index (χ1n) is 7.83. The molecule has 0 aliphatic heterocycles.